The number of ether oxygens (including phenoxy) is 1. The number of fused-ring (bicyclic) bond motifs is 1. The maximum Gasteiger partial charge on any atom is 0.260 e. The molecule has 1 aromatic carbocycles. The molecule has 2 N–H and O–H groups in total. The number of carbonyl (C=O) groups is 1. The van der Waals surface area contributed by atoms with Gasteiger partial charge in [0.1, 0.15) is 11.6 Å². The average molecular weight is 343 g/mol. The predicted molar refractivity (Wildman–Crippen MR) is 94.3 cm³/mol. The van der Waals surface area contributed by atoms with Gasteiger partial charge in [0.2, 0.25) is 0 Å². The van der Waals surface area contributed by atoms with E-state index < -0.39 is 6.10 Å². The van der Waals surface area contributed by atoms with E-state index in [1.165, 1.54) is 12.8 Å². The molecule has 1 amide bonds. The van der Waals surface area contributed by atoms with Crippen molar-refractivity contribution in [3.63, 3.8) is 0 Å². The maximum atomic E-state index is 12.2. The third kappa shape index (κ3) is 4.60. The Labute approximate surface area is 147 Å². The first-order valence-electron chi connectivity index (χ1n) is 8.85. The summed E-state index contributed by atoms with van der Waals surface area (Å²) in [5.41, 5.74) is 1.79. The fourth-order valence-electron chi connectivity index (χ4n) is 3.02. The molecule has 1 atom stereocenters. The van der Waals surface area contributed by atoms with E-state index in [-0.39, 0.29) is 12.5 Å². The van der Waals surface area contributed by atoms with Crippen LogP contribution in [0.2, 0.25) is 0 Å². The molecule has 1 aliphatic rings. The number of aliphatic hydroxyl groups is 1. The summed E-state index contributed by atoms with van der Waals surface area (Å²) in [5.74, 6) is 1.59. The molecule has 0 fully saturated rings. The second-order valence-corrected chi connectivity index (χ2v) is 6.41. The highest BCUT2D eigenvalue weighted by atomic mass is 16.5. The molecule has 0 spiro atoms. The first kappa shape index (κ1) is 17.5. The minimum absolute atomic E-state index is 0.0492. The number of aromatic nitrogens is 2. The van der Waals surface area contributed by atoms with E-state index in [1.54, 1.807) is 25.1 Å². The van der Waals surface area contributed by atoms with Crippen molar-refractivity contribution < 1.29 is 14.6 Å². The van der Waals surface area contributed by atoms with Gasteiger partial charge in [0.25, 0.3) is 5.91 Å². The van der Waals surface area contributed by atoms with Gasteiger partial charge in [0, 0.05) is 32.1 Å². The van der Waals surface area contributed by atoms with E-state index in [9.17, 15) is 4.79 Å². The minimum Gasteiger partial charge on any atom is -0.481 e. The van der Waals surface area contributed by atoms with Gasteiger partial charge in [-0.05, 0) is 37.5 Å². The fourth-order valence-corrected chi connectivity index (χ4v) is 3.02. The van der Waals surface area contributed by atoms with Gasteiger partial charge in [0.15, 0.2) is 6.10 Å². The summed E-state index contributed by atoms with van der Waals surface area (Å²) in [6.07, 6.45) is 5.69. The van der Waals surface area contributed by atoms with Gasteiger partial charge >= 0.3 is 0 Å². The monoisotopic (exact) mass is 343 g/mol. The second kappa shape index (κ2) is 8.16. The van der Waals surface area contributed by atoms with Crippen LogP contribution >= 0.6 is 0 Å². The number of aryl methyl sites for hydroxylation is 2. The molecular formula is C19H25N3O3. The number of nitrogens with zero attached hydrogens (tertiary/aromatic N) is 2. The van der Waals surface area contributed by atoms with E-state index in [4.69, 9.17) is 9.84 Å². The Hall–Kier alpha value is -2.34. The normalized spacial score (nSPS) is 14.6. The summed E-state index contributed by atoms with van der Waals surface area (Å²) in [4.78, 5) is 16.8. The number of aliphatic hydroxyl groups excluding tert-OH is 1. The van der Waals surface area contributed by atoms with Crippen LogP contribution in [0.3, 0.4) is 0 Å². The van der Waals surface area contributed by atoms with Crippen molar-refractivity contribution in [1.82, 2.24) is 14.9 Å². The molecule has 2 aromatic rings. The number of amides is 1. The maximum absolute atomic E-state index is 12.2. The van der Waals surface area contributed by atoms with E-state index >= 15 is 0 Å². The van der Waals surface area contributed by atoms with Crippen LogP contribution in [0.25, 0.3) is 0 Å². The lowest BCUT2D eigenvalue weighted by molar-refractivity contribution is -0.127. The molecule has 0 saturated heterocycles. The SMILES string of the molecule is CC(Oc1cccc(CO)c1)C(=O)NCCc1cn2c(n1)CCCC2. The van der Waals surface area contributed by atoms with Crippen LogP contribution in [-0.4, -0.2) is 33.2 Å². The second-order valence-electron chi connectivity index (χ2n) is 6.41. The van der Waals surface area contributed by atoms with Crippen molar-refractivity contribution in [2.75, 3.05) is 6.54 Å². The highest BCUT2D eigenvalue weighted by molar-refractivity contribution is 5.80. The Morgan fingerprint density at radius 1 is 1.44 bits per heavy atom. The molecule has 134 valence electrons. The zero-order chi connectivity index (χ0) is 17.6. The quantitative estimate of drug-likeness (QED) is 0.804. The summed E-state index contributed by atoms with van der Waals surface area (Å²) in [6, 6.07) is 7.12. The Morgan fingerprint density at radius 3 is 3.12 bits per heavy atom. The van der Waals surface area contributed by atoms with Crippen LogP contribution < -0.4 is 10.1 Å². The van der Waals surface area contributed by atoms with Crippen LogP contribution in [0.4, 0.5) is 0 Å². The van der Waals surface area contributed by atoms with Crippen LogP contribution in [0.1, 0.15) is 36.8 Å². The molecule has 0 aliphatic carbocycles. The number of hydrogen-bond acceptors (Lipinski definition) is 4. The van der Waals surface area contributed by atoms with Crippen molar-refractivity contribution in [3.8, 4) is 5.75 Å². The standard InChI is InChI=1S/C19H25N3O3/c1-14(25-17-6-4-5-15(11-17)13-23)19(24)20-9-8-16-12-22-10-3-2-7-18(22)21-16/h4-6,11-12,14,23H,2-3,7-10,13H2,1H3,(H,20,24). The van der Waals surface area contributed by atoms with Crippen molar-refractivity contribution in [1.29, 1.82) is 0 Å². The molecule has 6 heteroatoms. The van der Waals surface area contributed by atoms with Crippen molar-refractivity contribution >= 4 is 5.91 Å². The molecule has 1 aliphatic heterocycles. The number of hydrogen-bond donors (Lipinski definition) is 2. The van der Waals surface area contributed by atoms with Gasteiger partial charge in [-0.3, -0.25) is 4.79 Å². The third-order valence-corrected chi connectivity index (χ3v) is 4.40. The Morgan fingerprint density at radius 2 is 2.32 bits per heavy atom. The van der Waals surface area contributed by atoms with Gasteiger partial charge in [0.05, 0.1) is 12.3 Å². The van der Waals surface area contributed by atoms with Crippen LogP contribution in [-0.2, 0) is 30.8 Å². The van der Waals surface area contributed by atoms with E-state index in [2.05, 4.69) is 21.1 Å². The summed E-state index contributed by atoms with van der Waals surface area (Å²) in [7, 11) is 0. The summed E-state index contributed by atoms with van der Waals surface area (Å²) in [5, 5.41) is 12.0. The Balaban J connectivity index is 1.46. The molecule has 6 nitrogen and oxygen atoms in total. The number of carbonyl (C=O) groups excluding carboxylic acids is 1. The van der Waals surface area contributed by atoms with E-state index in [0.717, 1.165) is 36.5 Å². The Kier molecular flexibility index (Phi) is 5.71. The van der Waals surface area contributed by atoms with Crippen molar-refractivity contribution in [2.45, 2.75) is 51.9 Å². The highest BCUT2D eigenvalue weighted by Crippen LogP contribution is 2.16. The predicted octanol–water partition coefficient (Wildman–Crippen LogP) is 1.84. The van der Waals surface area contributed by atoms with Gasteiger partial charge in [-0.15, -0.1) is 0 Å². The first-order chi connectivity index (χ1) is 12.2. The number of imidazole rings is 1. The lowest BCUT2D eigenvalue weighted by atomic mass is 10.2. The lowest BCUT2D eigenvalue weighted by Gasteiger charge is -2.15. The molecule has 0 bridgehead atoms. The molecular weight excluding hydrogens is 318 g/mol. The van der Waals surface area contributed by atoms with E-state index in [0.29, 0.717) is 12.3 Å². The molecule has 0 radical (unpaired) electrons. The van der Waals surface area contributed by atoms with Gasteiger partial charge in [-0.2, -0.15) is 0 Å². The molecule has 0 saturated carbocycles. The molecule has 3 rings (SSSR count). The smallest absolute Gasteiger partial charge is 0.260 e. The van der Waals surface area contributed by atoms with E-state index in [1.807, 2.05) is 6.07 Å². The van der Waals surface area contributed by atoms with Gasteiger partial charge in [-0.1, -0.05) is 12.1 Å². The largest absolute Gasteiger partial charge is 0.481 e. The number of nitrogens with one attached hydrogen (secondary N) is 1. The first-order valence-corrected chi connectivity index (χ1v) is 8.85. The average Bonchev–Trinajstić information content (AvgIpc) is 3.04. The molecule has 1 aromatic heterocycles. The fraction of sp³-hybridized carbons (Fsp3) is 0.474. The summed E-state index contributed by atoms with van der Waals surface area (Å²) in [6.45, 7) is 3.26. The minimum atomic E-state index is -0.593. The van der Waals surface area contributed by atoms with Crippen LogP contribution in [0.5, 0.6) is 5.75 Å². The third-order valence-electron chi connectivity index (χ3n) is 4.40. The van der Waals surface area contributed by atoms with Crippen LogP contribution in [0.15, 0.2) is 30.5 Å². The molecule has 2 heterocycles. The van der Waals surface area contributed by atoms with Crippen molar-refractivity contribution in [3.05, 3.63) is 47.5 Å². The van der Waals surface area contributed by atoms with Crippen molar-refractivity contribution in [2.24, 2.45) is 0 Å². The topological polar surface area (TPSA) is 76.4 Å². The molecule has 25 heavy (non-hydrogen) atoms. The lowest BCUT2D eigenvalue weighted by Crippen LogP contribution is -2.37. The van der Waals surface area contributed by atoms with Gasteiger partial charge in [-0.25, -0.2) is 4.98 Å². The summed E-state index contributed by atoms with van der Waals surface area (Å²) >= 11 is 0. The molecule has 1 unspecified atom stereocenters. The van der Waals surface area contributed by atoms with Crippen LogP contribution in [0, 0.1) is 0 Å². The number of rotatable bonds is 7. The van der Waals surface area contributed by atoms with Gasteiger partial charge < -0.3 is 19.7 Å². The summed E-state index contributed by atoms with van der Waals surface area (Å²) < 4.78 is 7.87. The Bertz CT molecular complexity index is 703. The zero-order valence-corrected chi connectivity index (χ0v) is 14.6. The number of benzene rings is 1. The zero-order valence-electron chi connectivity index (χ0n) is 14.6. The highest BCUT2D eigenvalue weighted by Gasteiger charge is 2.15.